The highest BCUT2D eigenvalue weighted by molar-refractivity contribution is 8.00. The molecule has 0 spiro atoms. The van der Waals surface area contributed by atoms with Crippen molar-refractivity contribution in [3.05, 3.63) is 47.3 Å². The summed E-state index contributed by atoms with van der Waals surface area (Å²) in [5.74, 6) is -1.88. The lowest BCUT2D eigenvalue weighted by Crippen LogP contribution is -2.23. The van der Waals surface area contributed by atoms with Crippen molar-refractivity contribution in [3.63, 3.8) is 0 Å². The molecular weight excluding hydrogens is 356 g/mol. The van der Waals surface area contributed by atoms with Crippen LogP contribution >= 0.6 is 23.1 Å². The third-order valence-corrected chi connectivity index (χ3v) is 4.79. The molecule has 2 heterocycles. The number of hydrogen-bond donors (Lipinski definition) is 1. The second-order valence-corrected chi connectivity index (χ2v) is 6.94. The smallest absolute Gasteiger partial charge is 0.277 e. The van der Waals surface area contributed by atoms with Gasteiger partial charge in [0.1, 0.15) is 17.3 Å². The summed E-state index contributed by atoms with van der Waals surface area (Å²) in [6.45, 7) is 1.58. The van der Waals surface area contributed by atoms with Gasteiger partial charge in [0, 0.05) is 0 Å². The molecule has 1 amide bonds. The Morgan fingerprint density at radius 3 is 2.67 bits per heavy atom. The van der Waals surface area contributed by atoms with Crippen LogP contribution in [0.15, 0.2) is 45.4 Å². The van der Waals surface area contributed by atoms with Gasteiger partial charge in [-0.25, -0.2) is 8.78 Å². The Morgan fingerprint density at radius 1 is 1.25 bits per heavy atom. The Hall–Kier alpha value is -2.26. The van der Waals surface area contributed by atoms with E-state index in [2.05, 4.69) is 15.5 Å². The minimum absolute atomic E-state index is 0.204. The van der Waals surface area contributed by atoms with Crippen LogP contribution < -0.4 is 5.32 Å². The van der Waals surface area contributed by atoms with Crippen molar-refractivity contribution in [1.29, 1.82) is 0 Å². The second kappa shape index (κ2) is 7.10. The first-order chi connectivity index (χ1) is 11.5. The molecule has 1 aromatic carbocycles. The van der Waals surface area contributed by atoms with E-state index in [4.69, 9.17) is 4.42 Å². The van der Waals surface area contributed by atoms with E-state index in [9.17, 15) is 13.6 Å². The van der Waals surface area contributed by atoms with Crippen molar-refractivity contribution >= 4 is 34.7 Å². The van der Waals surface area contributed by atoms with E-state index in [1.54, 1.807) is 6.92 Å². The number of halogens is 2. The molecule has 3 rings (SSSR count). The third kappa shape index (κ3) is 3.62. The Morgan fingerprint density at radius 2 is 2.00 bits per heavy atom. The van der Waals surface area contributed by atoms with Crippen LogP contribution in [0.1, 0.15) is 6.92 Å². The SMILES string of the molecule is CC(Sc1nnc(-c2cccs2)o1)C(=O)Nc1c(F)cccc1F. The molecule has 5 nitrogen and oxygen atoms in total. The summed E-state index contributed by atoms with van der Waals surface area (Å²) in [6.07, 6.45) is 0. The van der Waals surface area contributed by atoms with Gasteiger partial charge in [0.05, 0.1) is 10.1 Å². The standard InChI is InChI=1S/C15H11F2N3O2S2/c1-8(13(21)18-12-9(16)4-2-5-10(12)17)24-15-20-19-14(22-15)11-6-3-7-23-11/h2-8H,1H3,(H,18,21). The lowest BCUT2D eigenvalue weighted by atomic mass is 10.3. The summed E-state index contributed by atoms with van der Waals surface area (Å²) in [5.41, 5.74) is -0.472. The maximum absolute atomic E-state index is 13.6. The molecule has 3 aromatic rings. The van der Waals surface area contributed by atoms with Gasteiger partial charge in [0.2, 0.25) is 5.91 Å². The maximum atomic E-state index is 13.6. The molecule has 1 unspecified atom stereocenters. The zero-order chi connectivity index (χ0) is 17.1. The van der Waals surface area contributed by atoms with E-state index < -0.39 is 28.5 Å². The van der Waals surface area contributed by atoms with Gasteiger partial charge in [0.15, 0.2) is 0 Å². The van der Waals surface area contributed by atoms with Crippen LogP contribution in [0.5, 0.6) is 0 Å². The van der Waals surface area contributed by atoms with Gasteiger partial charge < -0.3 is 9.73 Å². The Balaban J connectivity index is 1.66. The minimum Gasteiger partial charge on any atom is -0.410 e. The molecule has 0 aliphatic heterocycles. The molecule has 1 atom stereocenters. The van der Waals surface area contributed by atoms with E-state index in [0.29, 0.717) is 5.89 Å². The average Bonchev–Trinajstić information content (AvgIpc) is 3.21. The number of aromatic nitrogens is 2. The summed E-state index contributed by atoms with van der Waals surface area (Å²) in [5, 5.41) is 11.4. The van der Waals surface area contributed by atoms with Gasteiger partial charge >= 0.3 is 0 Å². The molecule has 0 bridgehead atoms. The van der Waals surface area contributed by atoms with Crippen molar-refractivity contribution in [2.24, 2.45) is 0 Å². The number of nitrogens with one attached hydrogen (secondary N) is 1. The molecule has 0 aliphatic rings. The predicted molar refractivity (Wildman–Crippen MR) is 87.9 cm³/mol. The van der Waals surface area contributed by atoms with Crippen LogP contribution in [-0.4, -0.2) is 21.4 Å². The number of carbonyl (C=O) groups excluding carboxylic acids is 1. The van der Waals surface area contributed by atoms with E-state index in [-0.39, 0.29) is 5.22 Å². The molecule has 0 fully saturated rings. The monoisotopic (exact) mass is 367 g/mol. The summed E-state index contributed by atoms with van der Waals surface area (Å²) < 4.78 is 32.6. The number of para-hydroxylation sites is 1. The quantitative estimate of drug-likeness (QED) is 0.685. The van der Waals surface area contributed by atoms with E-state index in [1.165, 1.54) is 17.4 Å². The van der Waals surface area contributed by atoms with Gasteiger partial charge in [-0.3, -0.25) is 4.79 Å². The number of nitrogens with zero attached hydrogens (tertiary/aromatic N) is 2. The van der Waals surface area contributed by atoms with E-state index in [1.807, 2.05) is 17.5 Å². The van der Waals surface area contributed by atoms with Crippen molar-refractivity contribution in [1.82, 2.24) is 10.2 Å². The Bertz CT molecular complexity index is 832. The summed E-state index contributed by atoms with van der Waals surface area (Å²) in [6, 6.07) is 7.06. The van der Waals surface area contributed by atoms with Gasteiger partial charge in [0.25, 0.3) is 11.1 Å². The fraction of sp³-hybridized carbons (Fsp3) is 0.133. The van der Waals surface area contributed by atoms with Crippen LogP contribution in [-0.2, 0) is 4.79 Å². The number of hydrogen-bond acceptors (Lipinski definition) is 6. The lowest BCUT2D eigenvalue weighted by molar-refractivity contribution is -0.115. The first-order valence-corrected chi connectivity index (χ1v) is 8.59. The molecule has 0 aliphatic carbocycles. The van der Waals surface area contributed by atoms with Crippen molar-refractivity contribution < 1.29 is 18.0 Å². The van der Waals surface area contributed by atoms with Crippen LogP contribution in [0.25, 0.3) is 10.8 Å². The largest absolute Gasteiger partial charge is 0.410 e. The molecule has 9 heteroatoms. The van der Waals surface area contributed by atoms with Crippen LogP contribution in [0.4, 0.5) is 14.5 Å². The van der Waals surface area contributed by atoms with Crippen LogP contribution in [0.2, 0.25) is 0 Å². The predicted octanol–water partition coefficient (Wildman–Crippen LogP) is 4.20. The van der Waals surface area contributed by atoms with Crippen molar-refractivity contribution in [3.8, 4) is 10.8 Å². The third-order valence-electron chi connectivity index (χ3n) is 3.00. The molecule has 1 N–H and O–H groups in total. The number of anilines is 1. The topological polar surface area (TPSA) is 68.0 Å². The van der Waals surface area contributed by atoms with E-state index >= 15 is 0 Å². The number of carbonyl (C=O) groups is 1. The molecule has 0 saturated heterocycles. The van der Waals surface area contributed by atoms with Crippen LogP contribution in [0, 0.1) is 11.6 Å². The van der Waals surface area contributed by atoms with Gasteiger partial charge in [-0.2, -0.15) is 0 Å². The zero-order valence-corrected chi connectivity index (χ0v) is 14.0. The highest BCUT2D eigenvalue weighted by Gasteiger charge is 2.21. The molecular formula is C15H11F2N3O2S2. The highest BCUT2D eigenvalue weighted by atomic mass is 32.2. The Labute approximate surface area is 144 Å². The molecule has 0 radical (unpaired) electrons. The zero-order valence-electron chi connectivity index (χ0n) is 12.3. The van der Waals surface area contributed by atoms with Crippen molar-refractivity contribution in [2.75, 3.05) is 5.32 Å². The minimum atomic E-state index is -0.835. The van der Waals surface area contributed by atoms with Crippen LogP contribution in [0.3, 0.4) is 0 Å². The molecule has 0 saturated carbocycles. The molecule has 24 heavy (non-hydrogen) atoms. The van der Waals surface area contributed by atoms with Gasteiger partial charge in [-0.15, -0.1) is 21.5 Å². The number of rotatable bonds is 5. The first-order valence-electron chi connectivity index (χ1n) is 6.83. The summed E-state index contributed by atoms with van der Waals surface area (Å²) in [4.78, 5) is 12.9. The average molecular weight is 367 g/mol. The normalized spacial score (nSPS) is 12.1. The maximum Gasteiger partial charge on any atom is 0.277 e. The second-order valence-electron chi connectivity index (χ2n) is 4.70. The lowest BCUT2D eigenvalue weighted by Gasteiger charge is -2.11. The highest BCUT2D eigenvalue weighted by Crippen LogP contribution is 2.29. The fourth-order valence-electron chi connectivity index (χ4n) is 1.80. The first kappa shape index (κ1) is 16.6. The Kier molecular flexibility index (Phi) is 4.91. The number of thioether (sulfide) groups is 1. The molecule has 2 aromatic heterocycles. The number of amides is 1. The molecule has 124 valence electrons. The van der Waals surface area contributed by atoms with Gasteiger partial charge in [-0.05, 0) is 30.5 Å². The summed E-state index contributed by atoms with van der Waals surface area (Å²) in [7, 11) is 0. The van der Waals surface area contributed by atoms with Gasteiger partial charge in [-0.1, -0.05) is 23.9 Å². The van der Waals surface area contributed by atoms with Crippen molar-refractivity contribution in [2.45, 2.75) is 17.4 Å². The summed E-state index contributed by atoms with van der Waals surface area (Å²) >= 11 is 2.46. The number of thiophene rings is 1. The fourth-order valence-corrected chi connectivity index (χ4v) is 3.13. The number of benzene rings is 1. The van der Waals surface area contributed by atoms with E-state index in [0.717, 1.165) is 28.8 Å².